The molecule has 152 valence electrons. The summed E-state index contributed by atoms with van der Waals surface area (Å²) in [4.78, 5) is 12.3. The highest BCUT2D eigenvalue weighted by Gasteiger charge is 2.27. The van der Waals surface area contributed by atoms with Gasteiger partial charge in [-0.3, -0.25) is 4.79 Å². The normalized spacial score (nSPS) is 11.4. The molecule has 0 heterocycles. The average Bonchev–Trinajstić information content (AvgIpc) is 2.71. The maximum absolute atomic E-state index is 12.3. The summed E-state index contributed by atoms with van der Waals surface area (Å²) in [7, 11) is 1.62. The van der Waals surface area contributed by atoms with E-state index in [9.17, 15) is 18.0 Å². The second-order valence-corrected chi connectivity index (χ2v) is 6.54. The Morgan fingerprint density at radius 3 is 2.28 bits per heavy atom. The third kappa shape index (κ3) is 5.96. The van der Waals surface area contributed by atoms with Gasteiger partial charge < -0.3 is 14.8 Å². The van der Waals surface area contributed by atoms with Gasteiger partial charge in [-0.2, -0.15) is 13.2 Å². The summed E-state index contributed by atoms with van der Waals surface area (Å²) in [5.74, 6) is 0.522. The van der Waals surface area contributed by atoms with Crippen LogP contribution in [0.4, 0.5) is 13.2 Å². The number of carbonyl (C=O) groups excluding carboxylic acids is 1. The third-order valence-corrected chi connectivity index (χ3v) is 4.32. The van der Waals surface area contributed by atoms with Crippen molar-refractivity contribution in [2.45, 2.75) is 19.3 Å². The highest BCUT2D eigenvalue weighted by atomic mass is 19.4. The van der Waals surface area contributed by atoms with E-state index in [2.05, 4.69) is 10.1 Å². The van der Waals surface area contributed by atoms with Crippen molar-refractivity contribution in [1.29, 1.82) is 0 Å². The monoisotopic (exact) mass is 403 g/mol. The van der Waals surface area contributed by atoms with Crippen LogP contribution in [0.2, 0.25) is 0 Å². The predicted octanol–water partition coefficient (Wildman–Crippen LogP) is 4.86. The van der Waals surface area contributed by atoms with Gasteiger partial charge in [0.25, 0.3) is 5.91 Å². The molecule has 3 aromatic carbocycles. The van der Waals surface area contributed by atoms with Gasteiger partial charge in [-0.25, -0.2) is 0 Å². The Hall–Kier alpha value is -3.06. The average molecular weight is 403 g/mol. The molecule has 0 aliphatic carbocycles. The van der Waals surface area contributed by atoms with Crippen LogP contribution in [0, 0.1) is 0 Å². The summed E-state index contributed by atoms with van der Waals surface area (Å²) in [6.07, 6.45) is -4.35. The van der Waals surface area contributed by atoms with Gasteiger partial charge >= 0.3 is 6.18 Å². The summed E-state index contributed by atoms with van der Waals surface area (Å²) in [6, 6.07) is 18.0. The van der Waals surface area contributed by atoms with Crippen LogP contribution in [-0.4, -0.2) is 25.8 Å². The number of halogens is 3. The van der Waals surface area contributed by atoms with Crippen molar-refractivity contribution in [3.05, 3.63) is 77.4 Å². The molecule has 0 bridgehead atoms. The number of ether oxygens (including phenoxy) is 2. The number of benzene rings is 3. The summed E-state index contributed by atoms with van der Waals surface area (Å²) in [6.45, 7) is -1.10. The van der Waals surface area contributed by atoms with Crippen molar-refractivity contribution in [3.63, 3.8) is 0 Å². The van der Waals surface area contributed by atoms with Crippen molar-refractivity contribution < 1.29 is 27.4 Å². The molecule has 0 aromatic heterocycles. The molecule has 0 atom stereocenters. The lowest BCUT2D eigenvalue weighted by Gasteiger charge is -2.09. The van der Waals surface area contributed by atoms with E-state index in [0.717, 1.165) is 22.1 Å². The molecule has 0 fully saturated rings. The number of methoxy groups -OCH3 is 1. The van der Waals surface area contributed by atoms with Crippen LogP contribution in [0.1, 0.15) is 21.5 Å². The maximum atomic E-state index is 12.3. The molecule has 7 heteroatoms. The van der Waals surface area contributed by atoms with Gasteiger partial charge in [-0.15, -0.1) is 0 Å². The van der Waals surface area contributed by atoms with Gasteiger partial charge in [0.15, 0.2) is 0 Å². The molecule has 4 nitrogen and oxygen atoms in total. The van der Waals surface area contributed by atoms with Crippen molar-refractivity contribution in [1.82, 2.24) is 5.32 Å². The molecule has 0 saturated heterocycles. The van der Waals surface area contributed by atoms with Crippen molar-refractivity contribution in [2.75, 3.05) is 13.7 Å². The minimum absolute atomic E-state index is 0.163. The van der Waals surface area contributed by atoms with Gasteiger partial charge in [-0.05, 0) is 52.2 Å². The highest BCUT2D eigenvalue weighted by Crippen LogP contribution is 2.22. The molecule has 0 unspecified atom stereocenters. The predicted molar refractivity (Wildman–Crippen MR) is 104 cm³/mol. The molecular formula is C22H20F3NO3. The number of hydrogen-bond donors (Lipinski definition) is 1. The standard InChI is InChI=1S/C22H20F3NO3/c1-28-20-9-8-18-10-16(4-7-19(18)11-20)12-26-21(27)17-5-2-15(3-6-17)13-29-14-22(23,24)25/h2-11H,12-14H2,1H3,(H,26,27). The van der Waals surface area contributed by atoms with Gasteiger partial charge in [0.2, 0.25) is 0 Å². The van der Waals surface area contributed by atoms with E-state index in [1.165, 1.54) is 0 Å². The second-order valence-electron chi connectivity index (χ2n) is 6.54. The van der Waals surface area contributed by atoms with E-state index < -0.39 is 12.8 Å². The van der Waals surface area contributed by atoms with E-state index in [-0.39, 0.29) is 12.5 Å². The minimum Gasteiger partial charge on any atom is -0.497 e. The smallest absolute Gasteiger partial charge is 0.411 e. The number of fused-ring (bicyclic) bond motifs is 1. The number of rotatable bonds is 7. The molecule has 0 saturated carbocycles. The number of alkyl halides is 3. The highest BCUT2D eigenvalue weighted by molar-refractivity contribution is 5.94. The summed E-state index contributed by atoms with van der Waals surface area (Å²) in [5, 5.41) is 4.93. The minimum atomic E-state index is -4.35. The van der Waals surface area contributed by atoms with Crippen molar-refractivity contribution >= 4 is 16.7 Å². The zero-order valence-electron chi connectivity index (χ0n) is 15.8. The summed E-state index contributed by atoms with van der Waals surface area (Å²) < 4.78 is 46.1. The Kier molecular flexibility index (Phi) is 6.39. The molecule has 0 spiro atoms. The van der Waals surface area contributed by atoms with Crippen molar-refractivity contribution in [3.8, 4) is 5.75 Å². The molecular weight excluding hydrogens is 383 g/mol. The largest absolute Gasteiger partial charge is 0.497 e. The first-order valence-electron chi connectivity index (χ1n) is 8.92. The zero-order valence-corrected chi connectivity index (χ0v) is 15.8. The molecule has 0 aliphatic heterocycles. The van der Waals surface area contributed by atoms with Crippen LogP contribution in [0.5, 0.6) is 5.75 Å². The van der Waals surface area contributed by atoms with Gasteiger partial charge in [0, 0.05) is 12.1 Å². The van der Waals surface area contributed by atoms with Crippen LogP contribution in [0.25, 0.3) is 10.8 Å². The van der Waals surface area contributed by atoms with Crippen LogP contribution in [-0.2, 0) is 17.9 Å². The number of nitrogens with one attached hydrogen (secondary N) is 1. The maximum Gasteiger partial charge on any atom is 0.411 e. The Bertz CT molecular complexity index is 985. The Morgan fingerprint density at radius 1 is 0.931 bits per heavy atom. The van der Waals surface area contributed by atoms with Crippen molar-refractivity contribution in [2.24, 2.45) is 0 Å². The topological polar surface area (TPSA) is 47.6 Å². The first kappa shape index (κ1) is 20.7. The lowest BCUT2D eigenvalue weighted by Crippen LogP contribution is -2.22. The van der Waals surface area contributed by atoms with Crippen LogP contribution in [0.3, 0.4) is 0 Å². The zero-order chi connectivity index (χ0) is 20.9. The SMILES string of the molecule is COc1ccc2cc(CNC(=O)c3ccc(COCC(F)(F)F)cc3)ccc2c1. The van der Waals surface area contributed by atoms with Gasteiger partial charge in [0.05, 0.1) is 13.7 Å². The Morgan fingerprint density at radius 2 is 1.59 bits per heavy atom. The second kappa shape index (κ2) is 8.96. The fraction of sp³-hybridized carbons (Fsp3) is 0.227. The Labute approximate surface area is 166 Å². The van der Waals surface area contributed by atoms with Gasteiger partial charge in [-0.1, -0.05) is 30.3 Å². The third-order valence-electron chi connectivity index (χ3n) is 4.32. The van der Waals surface area contributed by atoms with E-state index in [4.69, 9.17) is 4.74 Å². The first-order valence-corrected chi connectivity index (χ1v) is 8.92. The molecule has 0 aliphatic rings. The van der Waals surface area contributed by atoms with E-state index >= 15 is 0 Å². The van der Waals surface area contributed by atoms with E-state index in [1.807, 2.05) is 36.4 Å². The van der Waals surface area contributed by atoms with Crippen LogP contribution >= 0.6 is 0 Å². The number of carbonyl (C=O) groups is 1. The van der Waals surface area contributed by atoms with Crippen LogP contribution < -0.4 is 10.1 Å². The quantitative estimate of drug-likeness (QED) is 0.613. The molecule has 1 N–H and O–H groups in total. The molecule has 3 rings (SSSR count). The van der Waals surface area contributed by atoms with E-state index in [1.54, 1.807) is 31.4 Å². The van der Waals surface area contributed by atoms with Crippen LogP contribution in [0.15, 0.2) is 60.7 Å². The number of hydrogen-bond acceptors (Lipinski definition) is 3. The summed E-state index contributed by atoms with van der Waals surface area (Å²) in [5.41, 5.74) is 1.94. The Balaban J connectivity index is 1.55. The molecule has 29 heavy (non-hydrogen) atoms. The van der Waals surface area contributed by atoms with E-state index in [0.29, 0.717) is 17.7 Å². The molecule has 0 radical (unpaired) electrons. The lowest BCUT2D eigenvalue weighted by atomic mass is 10.1. The molecule has 1 amide bonds. The fourth-order valence-electron chi connectivity index (χ4n) is 2.83. The fourth-order valence-corrected chi connectivity index (χ4v) is 2.83. The number of amides is 1. The summed E-state index contributed by atoms with van der Waals surface area (Å²) >= 11 is 0. The van der Waals surface area contributed by atoms with Gasteiger partial charge in [0.1, 0.15) is 12.4 Å². The first-order chi connectivity index (χ1) is 13.8. The lowest BCUT2D eigenvalue weighted by molar-refractivity contribution is -0.176. The molecule has 3 aromatic rings.